The van der Waals surface area contributed by atoms with Crippen molar-refractivity contribution in [1.29, 1.82) is 0 Å². The number of ether oxygens (including phenoxy) is 2. The minimum atomic E-state index is 0.792. The Morgan fingerprint density at radius 1 is 1.12 bits per heavy atom. The lowest BCUT2D eigenvalue weighted by Gasteiger charge is -2.08. The van der Waals surface area contributed by atoms with Crippen LogP contribution in [0.3, 0.4) is 0 Å². The van der Waals surface area contributed by atoms with Gasteiger partial charge in [0.05, 0.1) is 19.2 Å². The smallest absolute Gasteiger partial charge is 0.126 e. The first-order valence-corrected chi connectivity index (χ1v) is 5.69. The molecule has 1 aromatic heterocycles. The number of anilines is 1. The summed E-state index contributed by atoms with van der Waals surface area (Å²) in [7, 11) is 3.30. The van der Waals surface area contributed by atoms with Gasteiger partial charge in [-0.15, -0.1) is 11.3 Å². The molecule has 0 atom stereocenters. The van der Waals surface area contributed by atoms with Gasteiger partial charge in [0, 0.05) is 10.9 Å². The largest absolute Gasteiger partial charge is 0.497 e. The molecule has 0 amide bonds. The number of rotatable bonds is 3. The van der Waals surface area contributed by atoms with Crippen LogP contribution >= 0.6 is 11.3 Å². The summed E-state index contributed by atoms with van der Waals surface area (Å²) in [5.41, 5.74) is 7.77. The number of benzene rings is 1. The first-order chi connectivity index (χ1) is 7.74. The predicted molar refractivity (Wildman–Crippen MR) is 67.3 cm³/mol. The average molecular weight is 235 g/mol. The van der Waals surface area contributed by atoms with E-state index in [4.69, 9.17) is 15.2 Å². The van der Waals surface area contributed by atoms with Gasteiger partial charge >= 0.3 is 0 Å². The van der Waals surface area contributed by atoms with E-state index in [0.29, 0.717) is 0 Å². The lowest BCUT2D eigenvalue weighted by molar-refractivity contribution is 0.404. The topological polar surface area (TPSA) is 44.5 Å². The number of hydrogen-bond acceptors (Lipinski definition) is 4. The normalized spacial score (nSPS) is 10.1. The Labute approximate surface area is 98.4 Å². The highest BCUT2D eigenvalue weighted by Gasteiger charge is 2.08. The first kappa shape index (κ1) is 10.8. The molecule has 0 aliphatic carbocycles. The molecule has 1 heterocycles. The van der Waals surface area contributed by atoms with Crippen molar-refractivity contribution in [2.45, 2.75) is 0 Å². The number of nitrogen functional groups attached to an aromatic ring is 1. The van der Waals surface area contributed by atoms with Gasteiger partial charge in [-0.3, -0.25) is 0 Å². The van der Waals surface area contributed by atoms with Crippen LogP contribution in [0.25, 0.3) is 11.1 Å². The molecule has 0 saturated carbocycles. The van der Waals surface area contributed by atoms with E-state index in [1.54, 1.807) is 14.2 Å². The molecule has 84 valence electrons. The number of thiophene rings is 1. The lowest BCUT2D eigenvalue weighted by Crippen LogP contribution is -1.89. The quantitative estimate of drug-likeness (QED) is 0.889. The maximum absolute atomic E-state index is 5.72. The van der Waals surface area contributed by atoms with Crippen molar-refractivity contribution in [1.82, 2.24) is 0 Å². The van der Waals surface area contributed by atoms with E-state index in [0.717, 1.165) is 27.6 Å². The number of nitrogens with two attached hydrogens (primary N) is 1. The van der Waals surface area contributed by atoms with Gasteiger partial charge in [0.15, 0.2) is 0 Å². The average Bonchev–Trinajstić information content (AvgIpc) is 2.75. The molecule has 3 nitrogen and oxygen atoms in total. The fourth-order valence-electron chi connectivity index (χ4n) is 1.53. The van der Waals surface area contributed by atoms with E-state index in [1.807, 2.05) is 29.6 Å². The van der Waals surface area contributed by atoms with Crippen LogP contribution in [0.4, 0.5) is 5.00 Å². The molecule has 0 fully saturated rings. The molecular formula is C12H13NO2S. The molecule has 4 heteroatoms. The third-order valence-corrected chi connectivity index (χ3v) is 3.10. The Balaban J connectivity index is 2.52. The third kappa shape index (κ3) is 1.97. The number of hydrogen-bond donors (Lipinski definition) is 1. The maximum atomic E-state index is 5.72. The van der Waals surface area contributed by atoms with Crippen molar-refractivity contribution in [3.63, 3.8) is 0 Å². The Morgan fingerprint density at radius 2 is 1.94 bits per heavy atom. The van der Waals surface area contributed by atoms with Gasteiger partial charge in [0.1, 0.15) is 11.5 Å². The van der Waals surface area contributed by atoms with Gasteiger partial charge in [0.25, 0.3) is 0 Å². The van der Waals surface area contributed by atoms with Crippen molar-refractivity contribution < 1.29 is 9.47 Å². The molecule has 0 radical (unpaired) electrons. The summed E-state index contributed by atoms with van der Waals surface area (Å²) in [6.07, 6.45) is 0. The predicted octanol–water partition coefficient (Wildman–Crippen LogP) is 3.01. The van der Waals surface area contributed by atoms with Gasteiger partial charge in [-0.2, -0.15) is 0 Å². The Kier molecular flexibility index (Phi) is 3.01. The zero-order valence-corrected chi connectivity index (χ0v) is 10.0. The van der Waals surface area contributed by atoms with E-state index in [-0.39, 0.29) is 0 Å². The summed E-state index contributed by atoms with van der Waals surface area (Å²) in [4.78, 5) is 0. The van der Waals surface area contributed by atoms with Crippen LogP contribution in [0.2, 0.25) is 0 Å². The second-order valence-corrected chi connectivity index (χ2v) is 4.25. The van der Waals surface area contributed by atoms with Crippen molar-refractivity contribution in [2.24, 2.45) is 0 Å². The van der Waals surface area contributed by atoms with Crippen molar-refractivity contribution in [3.05, 3.63) is 29.6 Å². The lowest BCUT2D eigenvalue weighted by atomic mass is 10.1. The highest BCUT2D eigenvalue weighted by Crippen LogP contribution is 2.36. The van der Waals surface area contributed by atoms with Crippen LogP contribution in [0.15, 0.2) is 29.6 Å². The molecule has 2 aromatic rings. The van der Waals surface area contributed by atoms with Gasteiger partial charge in [0.2, 0.25) is 0 Å². The Hall–Kier alpha value is -1.68. The van der Waals surface area contributed by atoms with Crippen LogP contribution in [0, 0.1) is 0 Å². The van der Waals surface area contributed by atoms with Crippen LogP contribution < -0.4 is 15.2 Å². The Bertz CT molecular complexity index is 494. The maximum Gasteiger partial charge on any atom is 0.126 e. The molecule has 0 unspecified atom stereocenters. The summed E-state index contributed by atoms with van der Waals surface area (Å²) in [6.45, 7) is 0. The van der Waals surface area contributed by atoms with Crippen molar-refractivity contribution in [3.8, 4) is 22.6 Å². The van der Waals surface area contributed by atoms with E-state index < -0.39 is 0 Å². The Morgan fingerprint density at radius 3 is 2.50 bits per heavy atom. The van der Waals surface area contributed by atoms with Crippen LogP contribution in [0.5, 0.6) is 11.5 Å². The van der Waals surface area contributed by atoms with Crippen LogP contribution in [0.1, 0.15) is 0 Å². The minimum Gasteiger partial charge on any atom is -0.497 e. The minimum absolute atomic E-state index is 0.792. The molecule has 0 aliphatic rings. The molecule has 1 aromatic carbocycles. The summed E-state index contributed by atoms with van der Waals surface area (Å²) >= 11 is 1.51. The molecule has 0 aliphatic heterocycles. The van der Waals surface area contributed by atoms with Crippen molar-refractivity contribution >= 4 is 16.3 Å². The molecule has 0 bridgehead atoms. The van der Waals surface area contributed by atoms with Gasteiger partial charge in [-0.1, -0.05) is 0 Å². The van der Waals surface area contributed by atoms with Gasteiger partial charge < -0.3 is 15.2 Å². The van der Waals surface area contributed by atoms with E-state index in [1.165, 1.54) is 11.3 Å². The fourth-order valence-corrected chi connectivity index (χ4v) is 2.19. The van der Waals surface area contributed by atoms with Crippen LogP contribution in [-0.2, 0) is 0 Å². The summed E-state index contributed by atoms with van der Waals surface area (Å²) in [6, 6.07) is 7.64. The first-order valence-electron chi connectivity index (χ1n) is 4.81. The number of methoxy groups -OCH3 is 2. The van der Waals surface area contributed by atoms with E-state index in [2.05, 4.69) is 0 Å². The highest BCUT2D eigenvalue weighted by atomic mass is 32.1. The zero-order chi connectivity index (χ0) is 11.5. The molecule has 0 saturated heterocycles. The summed E-state index contributed by atoms with van der Waals surface area (Å²) in [5.74, 6) is 1.62. The van der Waals surface area contributed by atoms with Crippen molar-refractivity contribution in [2.75, 3.05) is 20.0 Å². The molecular weight excluding hydrogens is 222 g/mol. The standard InChI is InChI=1S/C12H13NO2S/c1-14-9-3-4-11(15-2)10(6-9)8-5-12(13)16-7-8/h3-7H,13H2,1-2H3. The van der Waals surface area contributed by atoms with Crippen LogP contribution in [-0.4, -0.2) is 14.2 Å². The van der Waals surface area contributed by atoms with E-state index >= 15 is 0 Å². The zero-order valence-electron chi connectivity index (χ0n) is 9.19. The van der Waals surface area contributed by atoms with Gasteiger partial charge in [-0.05, 0) is 29.8 Å². The monoisotopic (exact) mass is 235 g/mol. The molecule has 0 spiro atoms. The fraction of sp³-hybridized carbons (Fsp3) is 0.167. The van der Waals surface area contributed by atoms with Gasteiger partial charge in [-0.25, -0.2) is 0 Å². The molecule has 16 heavy (non-hydrogen) atoms. The van der Waals surface area contributed by atoms with E-state index in [9.17, 15) is 0 Å². The third-order valence-electron chi connectivity index (χ3n) is 2.34. The second kappa shape index (κ2) is 4.45. The second-order valence-electron chi connectivity index (χ2n) is 3.30. The highest BCUT2D eigenvalue weighted by molar-refractivity contribution is 7.14. The SMILES string of the molecule is COc1ccc(OC)c(-c2csc(N)c2)c1. The summed E-state index contributed by atoms with van der Waals surface area (Å²) < 4.78 is 10.5. The molecule has 2 rings (SSSR count). The molecule has 2 N–H and O–H groups in total. The summed E-state index contributed by atoms with van der Waals surface area (Å²) in [5, 5.41) is 2.80.